The summed E-state index contributed by atoms with van der Waals surface area (Å²) in [7, 11) is 0. The zero-order valence-electron chi connectivity index (χ0n) is 10.2. The van der Waals surface area contributed by atoms with Gasteiger partial charge in [-0.15, -0.1) is 0 Å². The van der Waals surface area contributed by atoms with Crippen LogP contribution in [0.1, 0.15) is 0 Å². The molecule has 20 heavy (non-hydrogen) atoms. The molecule has 0 aliphatic heterocycles. The second-order valence-electron chi connectivity index (χ2n) is 4.30. The van der Waals surface area contributed by atoms with Crippen molar-refractivity contribution in [2.45, 2.75) is 0 Å². The van der Waals surface area contributed by atoms with E-state index in [1.165, 1.54) is 33.1 Å². The summed E-state index contributed by atoms with van der Waals surface area (Å²) in [5, 5.41) is 0. The molecule has 3 rings (SSSR count). The summed E-state index contributed by atoms with van der Waals surface area (Å²) < 4.78 is 29.3. The average molecular weight is 398 g/mol. The van der Waals surface area contributed by atoms with Crippen molar-refractivity contribution in [2.75, 3.05) is 0 Å². The van der Waals surface area contributed by atoms with Crippen LogP contribution in [0, 0.1) is 11.6 Å². The molecule has 0 N–H and O–H groups in total. The van der Waals surface area contributed by atoms with E-state index in [9.17, 15) is 8.78 Å². The fourth-order valence-corrected chi connectivity index (χ4v) is 5.37. The van der Waals surface area contributed by atoms with Crippen LogP contribution in [0.2, 0.25) is 0 Å². The first-order valence-electron chi connectivity index (χ1n) is 5.95. The molecule has 0 amide bonds. The number of halogens is 3. The van der Waals surface area contributed by atoms with Crippen LogP contribution in [0.25, 0.3) is 20.0 Å². The van der Waals surface area contributed by atoms with Crippen molar-refractivity contribution in [1.82, 2.24) is 0 Å². The maximum atomic E-state index is 13.0. The van der Waals surface area contributed by atoms with Crippen molar-refractivity contribution >= 4 is 30.4 Å². The monoisotopic (exact) mass is 398 g/mol. The summed E-state index contributed by atoms with van der Waals surface area (Å²) in [6, 6.07) is 15.1. The normalized spacial score (nSPS) is 10.8. The third-order valence-electron chi connectivity index (χ3n) is 2.92. The molecule has 0 saturated heterocycles. The van der Waals surface area contributed by atoms with Crippen molar-refractivity contribution < 1.29 is 8.78 Å². The van der Waals surface area contributed by atoms with Crippen LogP contribution < -0.4 is 0 Å². The minimum absolute atomic E-state index is 0.120. The predicted molar refractivity (Wildman–Crippen MR) is 81.9 cm³/mol. The molecule has 0 aliphatic rings. The molecule has 0 spiro atoms. The molecule has 100 valence electrons. The van der Waals surface area contributed by atoms with Crippen LogP contribution in [-0.2, 0) is 0 Å². The molecule has 0 atom stereocenters. The Kier molecular flexibility index (Phi) is 3.88. The van der Waals surface area contributed by atoms with Crippen LogP contribution >= 0.6 is 15.9 Å². The van der Waals surface area contributed by atoms with Crippen molar-refractivity contribution in [2.24, 2.45) is 0 Å². The van der Waals surface area contributed by atoms with Gasteiger partial charge in [0.15, 0.2) is 0 Å². The maximum absolute atomic E-state index is 13.0. The van der Waals surface area contributed by atoms with Crippen molar-refractivity contribution in [3.8, 4) is 20.0 Å². The van der Waals surface area contributed by atoms with Gasteiger partial charge in [-0.1, -0.05) is 0 Å². The SMILES string of the molecule is Fc1ccc(-c2cc(Br)c(-c3ccc(F)cc3)[se]2)cc1. The minimum atomic E-state index is -0.234. The van der Waals surface area contributed by atoms with Gasteiger partial charge in [-0.05, 0) is 0 Å². The summed E-state index contributed by atoms with van der Waals surface area (Å²) in [4.78, 5) is 0. The molecule has 1 aromatic heterocycles. The third kappa shape index (κ3) is 2.78. The Balaban J connectivity index is 2.02. The first-order valence-corrected chi connectivity index (χ1v) is 8.45. The first-order chi connectivity index (χ1) is 9.63. The number of hydrogen-bond acceptors (Lipinski definition) is 0. The van der Waals surface area contributed by atoms with Gasteiger partial charge in [-0.2, -0.15) is 0 Å². The van der Waals surface area contributed by atoms with Gasteiger partial charge in [-0.25, -0.2) is 0 Å². The summed E-state index contributed by atoms with van der Waals surface area (Å²) in [5.41, 5.74) is 2.05. The zero-order chi connectivity index (χ0) is 14.1. The second kappa shape index (κ2) is 5.64. The number of hydrogen-bond donors (Lipinski definition) is 0. The third-order valence-corrected chi connectivity index (χ3v) is 6.73. The van der Waals surface area contributed by atoms with Crippen molar-refractivity contribution in [3.63, 3.8) is 0 Å². The van der Waals surface area contributed by atoms with E-state index in [2.05, 4.69) is 22.0 Å². The van der Waals surface area contributed by atoms with Gasteiger partial charge < -0.3 is 0 Å². The zero-order valence-corrected chi connectivity index (χ0v) is 13.5. The second-order valence-corrected chi connectivity index (χ2v) is 7.36. The molecule has 0 fully saturated rings. The molecule has 0 aliphatic carbocycles. The topological polar surface area (TPSA) is 0 Å². The van der Waals surface area contributed by atoms with Gasteiger partial charge in [0.25, 0.3) is 0 Å². The van der Waals surface area contributed by atoms with E-state index >= 15 is 0 Å². The van der Waals surface area contributed by atoms with E-state index in [-0.39, 0.29) is 26.1 Å². The standard InChI is InChI=1S/C16H9BrF2Se/c17-14-9-15(10-1-5-12(18)6-2-10)20-16(14)11-3-7-13(19)8-4-11/h1-9H. The van der Waals surface area contributed by atoms with Gasteiger partial charge in [-0.3, -0.25) is 0 Å². The Labute approximate surface area is 130 Å². The average Bonchev–Trinajstić information content (AvgIpc) is 2.82. The summed E-state index contributed by atoms with van der Waals surface area (Å²) >= 11 is 3.68. The summed E-state index contributed by atoms with van der Waals surface area (Å²) in [6.07, 6.45) is 0. The molecule has 0 unspecified atom stereocenters. The molecule has 4 heteroatoms. The van der Waals surface area contributed by atoms with E-state index in [1.54, 1.807) is 24.3 Å². The molecule has 3 aromatic rings. The Hall–Kier alpha value is -1.22. The van der Waals surface area contributed by atoms with E-state index in [0.717, 1.165) is 15.6 Å². The Morgan fingerprint density at radius 2 is 1.25 bits per heavy atom. The van der Waals surface area contributed by atoms with E-state index in [4.69, 9.17) is 0 Å². The van der Waals surface area contributed by atoms with E-state index in [1.807, 2.05) is 0 Å². The molecular formula is C16H9BrF2Se. The van der Waals surface area contributed by atoms with Gasteiger partial charge in [0.2, 0.25) is 0 Å². The van der Waals surface area contributed by atoms with Crippen molar-refractivity contribution in [3.05, 3.63) is 70.7 Å². The number of rotatable bonds is 2. The van der Waals surface area contributed by atoms with E-state index in [0.29, 0.717) is 0 Å². The Morgan fingerprint density at radius 1 is 0.750 bits per heavy atom. The molecule has 0 saturated carbocycles. The van der Waals surface area contributed by atoms with Crippen LogP contribution in [0.4, 0.5) is 8.78 Å². The van der Waals surface area contributed by atoms with Crippen LogP contribution in [-0.4, -0.2) is 14.5 Å². The van der Waals surface area contributed by atoms with Crippen LogP contribution in [0.15, 0.2) is 59.1 Å². The first kappa shape index (κ1) is 13.7. The Morgan fingerprint density at radius 3 is 1.80 bits per heavy atom. The van der Waals surface area contributed by atoms with Crippen LogP contribution in [0.5, 0.6) is 0 Å². The summed E-state index contributed by atoms with van der Waals surface area (Å²) in [6.45, 7) is 0. The van der Waals surface area contributed by atoms with Crippen LogP contribution in [0.3, 0.4) is 0 Å². The van der Waals surface area contributed by atoms with E-state index < -0.39 is 0 Å². The van der Waals surface area contributed by atoms with Gasteiger partial charge in [0, 0.05) is 0 Å². The number of benzene rings is 2. The fraction of sp³-hybridized carbons (Fsp3) is 0. The Bertz CT molecular complexity index is 730. The molecule has 1 heterocycles. The molecule has 2 aromatic carbocycles. The summed E-state index contributed by atoms with van der Waals surface area (Å²) in [5.74, 6) is -0.465. The van der Waals surface area contributed by atoms with Gasteiger partial charge >= 0.3 is 130 Å². The molecule has 0 bridgehead atoms. The van der Waals surface area contributed by atoms with Crippen molar-refractivity contribution in [1.29, 1.82) is 0 Å². The van der Waals surface area contributed by atoms with Gasteiger partial charge in [0.05, 0.1) is 0 Å². The fourth-order valence-electron chi connectivity index (χ4n) is 1.92. The molecule has 0 radical (unpaired) electrons. The molecule has 0 nitrogen and oxygen atoms in total. The predicted octanol–water partition coefficient (Wildman–Crippen LogP) is 5.12. The van der Waals surface area contributed by atoms with Gasteiger partial charge in [0.1, 0.15) is 0 Å². The molecular weight excluding hydrogens is 389 g/mol. The quantitative estimate of drug-likeness (QED) is 0.526.